The molecule has 0 spiro atoms. The molecule has 0 saturated heterocycles. The smallest absolute Gasteiger partial charge is 0.269 e. The molecule has 0 saturated carbocycles. The third-order valence-electron chi connectivity index (χ3n) is 5.14. The summed E-state index contributed by atoms with van der Waals surface area (Å²) in [6, 6.07) is 5.56. The number of nitro groups is 1. The van der Waals surface area contributed by atoms with Gasteiger partial charge in [-0.15, -0.1) is 0 Å². The van der Waals surface area contributed by atoms with Crippen molar-refractivity contribution in [3.8, 4) is 0 Å². The summed E-state index contributed by atoms with van der Waals surface area (Å²) in [5.41, 5.74) is 2.51. The van der Waals surface area contributed by atoms with Crippen LogP contribution in [0.25, 0.3) is 0 Å². The van der Waals surface area contributed by atoms with E-state index in [1.807, 2.05) is 6.07 Å². The first kappa shape index (κ1) is 18.1. The fraction of sp³-hybridized carbons (Fsp3) is 0.647. The number of hydrogen-bond donors (Lipinski definition) is 1. The zero-order valence-electron chi connectivity index (χ0n) is 14.8. The lowest BCUT2D eigenvalue weighted by Gasteiger charge is -2.36. The van der Waals surface area contributed by atoms with E-state index in [4.69, 9.17) is 4.43 Å². The normalized spacial score (nSPS) is 18.0. The van der Waals surface area contributed by atoms with Crippen LogP contribution in [0.3, 0.4) is 0 Å². The van der Waals surface area contributed by atoms with Crippen LogP contribution in [0, 0.1) is 10.1 Å². The van der Waals surface area contributed by atoms with Gasteiger partial charge in [0.05, 0.1) is 4.92 Å². The van der Waals surface area contributed by atoms with Gasteiger partial charge in [0, 0.05) is 31.3 Å². The van der Waals surface area contributed by atoms with Crippen LogP contribution < -0.4 is 5.32 Å². The predicted molar refractivity (Wildman–Crippen MR) is 95.4 cm³/mol. The van der Waals surface area contributed by atoms with Crippen LogP contribution in [-0.4, -0.2) is 32.4 Å². The molecule has 6 heteroatoms. The molecule has 1 aliphatic rings. The van der Waals surface area contributed by atoms with Gasteiger partial charge in [0.25, 0.3) is 5.69 Å². The molecule has 0 bridgehead atoms. The molecule has 0 heterocycles. The summed E-state index contributed by atoms with van der Waals surface area (Å²) < 4.78 is 6.17. The van der Waals surface area contributed by atoms with E-state index < -0.39 is 8.32 Å². The largest absolute Gasteiger partial charge is 0.416 e. The first-order chi connectivity index (χ1) is 10.6. The molecular formula is C17H28N2O3Si. The van der Waals surface area contributed by atoms with E-state index in [-0.39, 0.29) is 15.6 Å². The van der Waals surface area contributed by atoms with Gasteiger partial charge >= 0.3 is 0 Å². The van der Waals surface area contributed by atoms with Crippen molar-refractivity contribution in [1.82, 2.24) is 5.32 Å². The van der Waals surface area contributed by atoms with E-state index in [2.05, 4.69) is 39.2 Å². The first-order valence-electron chi connectivity index (χ1n) is 8.24. The number of nitrogens with zero attached hydrogens (tertiary/aromatic N) is 1. The molecule has 128 valence electrons. The van der Waals surface area contributed by atoms with Crippen molar-refractivity contribution in [2.75, 3.05) is 13.2 Å². The van der Waals surface area contributed by atoms with Gasteiger partial charge in [-0.05, 0) is 42.1 Å². The Morgan fingerprint density at radius 2 is 1.96 bits per heavy atom. The predicted octanol–water partition coefficient (Wildman–Crippen LogP) is 3.67. The second kappa shape index (κ2) is 6.71. The van der Waals surface area contributed by atoms with E-state index in [1.165, 1.54) is 5.56 Å². The van der Waals surface area contributed by atoms with Crippen molar-refractivity contribution in [3.63, 3.8) is 0 Å². The monoisotopic (exact) mass is 336 g/mol. The molecule has 0 fully saturated rings. The van der Waals surface area contributed by atoms with Gasteiger partial charge in [0.2, 0.25) is 0 Å². The summed E-state index contributed by atoms with van der Waals surface area (Å²) in [5, 5.41) is 14.6. The second-order valence-electron chi connectivity index (χ2n) is 7.88. The lowest BCUT2D eigenvalue weighted by molar-refractivity contribution is -0.384. The number of benzene rings is 1. The Balaban J connectivity index is 1.80. The highest BCUT2D eigenvalue weighted by Crippen LogP contribution is 2.36. The van der Waals surface area contributed by atoms with Crippen molar-refractivity contribution >= 4 is 14.0 Å². The number of non-ortho nitro benzene ring substituents is 1. The molecule has 2 rings (SSSR count). The van der Waals surface area contributed by atoms with Crippen LogP contribution in [-0.2, 0) is 17.3 Å². The number of fused-ring (bicyclic) bond motifs is 1. The number of nitro benzene ring substituents is 1. The van der Waals surface area contributed by atoms with Crippen LogP contribution in [0.5, 0.6) is 0 Å². The fourth-order valence-corrected chi connectivity index (χ4v) is 3.69. The summed E-state index contributed by atoms with van der Waals surface area (Å²) in [6.45, 7) is 12.8. The SMILES string of the molecule is CC(C)(C)[Si](C)(C)OCCNC1Cc2ccc([N+](=O)[O-])cc2C1. The average Bonchev–Trinajstić information content (AvgIpc) is 2.83. The maximum absolute atomic E-state index is 10.8. The number of nitrogens with one attached hydrogen (secondary N) is 1. The Morgan fingerprint density at radius 3 is 2.57 bits per heavy atom. The lowest BCUT2D eigenvalue weighted by Crippen LogP contribution is -2.43. The molecule has 23 heavy (non-hydrogen) atoms. The highest BCUT2D eigenvalue weighted by Gasteiger charge is 2.36. The minimum atomic E-state index is -1.68. The minimum absolute atomic E-state index is 0.186. The van der Waals surface area contributed by atoms with Crippen LogP contribution in [0.4, 0.5) is 5.69 Å². The van der Waals surface area contributed by atoms with Gasteiger partial charge in [-0.2, -0.15) is 0 Å². The molecule has 0 radical (unpaired) electrons. The van der Waals surface area contributed by atoms with Crippen molar-refractivity contribution in [3.05, 3.63) is 39.4 Å². The minimum Gasteiger partial charge on any atom is -0.416 e. The maximum atomic E-state index is 10.8. The summed E-state index contributed by atoms with van der Waals surface area (Å²) in [7, 11) is -1.68. The molecule has 1 aromatic carbocycles. The van der Waals surface area contributed by atoms with Gasteiger partial charge in [0.15, 0.2) is 8.32 Å². The molecule has 0 aliphatic heterocycles. The van der Waals surface area contributed by atoms with Crippen molar-refractivity contribution in [2.45, 2.75) is 57.8 Å². The highest BCUT2D eigenvalue weighted by molar-refractivity contribution is 6.74. The Morgan fingerprint density at radius 1 is 1.30 bits per heavy atom. The third-order valence-corrected chi connectivity index (χ3v) is 9.68. The standard InChI is InChI=1S/C17H28N2O3Si/c1-17(2,3)23(4,5)22-9-8-18-15-10-13-6-7-16(19(20)21)12-14(13)11-15/h6-7,12,15,18H,8-11H2,1-5H3. The summed E-state index contributed by atoms with van der Waals surface area (Å²) >= 11 is 0. The molecule has 1 unspecified atom stereocenters. The van der Waals surface area contributed by atoms with E-state index in [0.717, 1.165) is 31.6 Å². The van der Waals surface area contributed by atoms with Crippen LogP contribution in [0.2, 0.25) is 18.1 Å². The lowest BCUT2D eigenvalue weighted by atomic mass is 10.1. The highest BCUT2D eigenvalue weighted by atomic mass is 28.4. The molecule has 1 N–H and O–H groups in total. The van der Waals surface area contributed by atoms with Crippen molar-refractivity contribution in [1.29, 1.82) is 0 Å². The van der Waals surface area contributed by atoms with Gasteiger partial charge in [0.1, 0.15) is 0 Å². The second-order valence-corrected chi connectivity index (χ2v) is 12.7. The Labute approximate surface area is 139 Å². The summed E-state index contributed by atoms with van der Waals surface area (Å²) in [6.07, 6.45) is 1.80. The topological polar surface area (TPSA) is 64.4 Å². The number of rotatable bonds is 6. The van der Waals surface area contributed by atoms with Gasteiger partial charge < -0.3 is 9.74 Å². The quantitative estimate of drug-likeness (QED) is 0.372. The summed E-state index contributed by atoms with van der Waals surface area (Å²) in [4.78, 5) is 10.5. The molecule has 0 aromatic heterocycles. The van der Waals surface area contributed by atoms with Crippen LogP contribution in [0.15, 0.2) is 18.2 Å². The van der Waals surface area contributed by atoms with Crippen LogP contribution in [0.1, 0.15) is 31.9 Å². The molecule has 1 atom stereocenters. The molecule has 0 amide bonds. The zero-order valence-corrected chi connectivity index (χ0v) is 15.8. The van der Waals surface area contributed by atoms with Gasteiger partial charge in [-0.25, -0.2) is 0 Å². The molecule has 1 aliphatic carbocycles. The zero-order chi connectivity index (χ0) is 17.3. The third kappa shape index (κ3) is 4.40. The average molecular weight is 337 g/mol. The fourth-order valence-electron chi connectivity index (χ4n) is 2.65. The number of hydrogen-bond acceptors (Lipinski definition) is 4. The summed E-state index contributed by atoms with van der Waals surface area (Å²) in [5.74, 6) is 0. The van der Waals surface area contributed by atoms with Crippen molar-refractivity contribution < 1.29 is 9.35 Å². The molecule has 5 nitrogen and oxygen atoms in total. The van der Waals surface area contributed by atoms with Gasteiger partial charge in [-0.3, -0.25) is 10.1 Å². The van der Waals surface area contributed by atoms with E-state index in [0.29, 0.717) is 6.04 Å². The molecular weight excluding hydrogens is 308 g/mol. The first-order valence-corrected chi connectivity index (χ1v) is 11.1. The van der Waals surface area contributed by atoms with E-state index in [1.54, 1.807) is 12.1 Å². The van der Waals surface area contributed by atoms with Gasteiger partial charge in [-0.1, -0.05) is 26.8 Å². The van der Waals surface area contributed by atoms with E-state index in [9.17, 15) is 10.1 Å². The Bertz CT molecular complexity index is 582. The Hall–Kier alpha value is -1.24. The maximum Gasteiger partial charge on any atom is 0.269 e. The van der Waals surface area contributed by atoms with Crippen LogP contribution >= 0.6 is 0 Å². The Kier molecular flexibility index (Phi) is 5.28. The van der Waals surface area contributed by atoms with Crippen molar-refractivity contribution in [2.24, 2.45) is 0 Å². The molecule has 1 aromatic rings. The van der Waals surface area contributed by atoms with E-state index >= 15 is 0 Å².